The van der Waals surface area contributed by atoms with Crippen LogP contribution in [0.5, 0.6) is 0 Å². The molecule has 0 fully saturated rings. The second-order valence-electron chi connectivity index (χ2n) is 9.48. The minimum absolute atomic E-state index is 0.0412. The van der Waals surface area contributed by atoms with Crippen molar-refractivity contribution in [2.24, 2.45) is 5.73 Å². The van der Waals surface area contributed by atoms with E-state index in [0.717, 1.165) is 19.3 Å². The van der Waals surface area contributed by atoms with Crippen molar-refractivity contribution in [1.29, 1.82) is 0 Å². The molecule has 33 heavy (non-hydrogen) atoms. The summed E-state index contributed by atoms with van der Waals surface area (Å²) in [4.78, 5) is 35.6. The number of esters is 1. The first-order valence-corrected chi connectivity index (χ1v) is 13.7. The molecule has 0 aliphatic rings. The average Bonchev–Trinajstić information content (AvgIpc) is 2.78. The van der Waals surface area contributed by atoms with Gasteiger partial charge in [0.15, 0.2) is 0 Å². The second-order valence-corrected chi connectivity index (χ2v) is 9.48. The Morgan fingerprint density at radius 1 is 0.727 bits per heavy atom. The van der Waals surface area contributed by atoms with Crippen molar-refractivity contribution in [2.75, 3.05) is 0 Å². The van der Waals surface area contributed by atoms with E-state index in [-0.39, 0.29) is 24.9 Å². The van der Waals surface area contributed by atoms with E-state index in [0.29, 0.717) is 12.8 Å². The van der Waals surface area contributed by atoms with E-state index in [1.807, 2.05) is 6.92 Å². The standard InChI is InChI=1S/C27H52N2O4/c1-4-6-7-8-9-10-11-12-13-14-15-16-17-18-19-20-26(31)29-24(21-22-25(28)30)27(32)33-23(3)5-2/h23-24H,4-22H2,1-3H3,(H2,28,30)(H,29,31). The predicted octanol–water partition coefficient (Wildman–Crippen LogP) is 6.34. The molecule has 0 rings (SSSR count). The molecule has 2 amide bonds. The van der Waals surface area contributed by atoms with E-state index in [1.54, 1.807) is 6.92 Å². The molecule has 2 atom stereocenters. The average molecular weight is 469 g/mol. The Morgan fingerprint density at radius 2 is 1.18 bits per heavy atom. The van der Waals surface area contributed by atoms with Crippen molar-refractivity contribution in [2.45, 2.75) is 155 Å². The number of rotatable bonds is 23. The van der Waals surface area contributed by atoms with Crippen molar-refractivity contribution in [3.05, 3.63) is 0 Å². The summed E-state index contributed by atoms with van der Waals surface area (Å²) in [6.07, 6.45) is 20.3. The zero-order valence-electron chi connectivity index (χ0n) is 21.8. The van der Waals surface area contributed by atoms with Gasteiger partial charge in [-0.2, -0.15) is 0 Å². The fraction of sp³-hybridized carbons (Fsp3) is 0.889. The first-order chi connectivity index (χ1) is 15.9. The highest BCUT2D eigenvalue weighted by molar-refractivity contribution is 5.85. The third kappa shape index (κ3) is 20.7. The van der Waals surface area contributed by atoms with Gasteiger partial charge in [-0.1, -0.05) is 104 Å². The van der Waals surface area contributed by atoms with Gasteiger partial charge in [-0.15, -0.1) is 0 Å². The molecule has 6 heteroatoms. The van der Waals surface area contributed by atoms with Gasteiger partial charge in [-0.25, -0.2) is 4.79 Å². The molecular formula is C27H52N2O4. The molecule has 0 aromatic carbocycles. The number of primary amides is 1. The Balaban J connectivity index is 3.78. The maximum Gasteiger partial charge on any atom is 0.328 e. The van der Waals surface area contributed by atoms with Crippen LogP contribution >= 0.6 is 0 Å². The van der Waals surface area contributed by atoms with Crippen LogP contribution in [-0.4, -0.2) is 29.9 Å². The molecule has 0 saturated carbocycles. The van der Waals surface area contributed by atoms with Crippen molar-refractivity contribution in [1.82, 2.24) is 5.32 Å². The Morgan fingerprint density at radius 3 is 1.61 bits per heavy atom. The van der Waals surface area contributed by atoms with Gasteiger partial charge >= 0.3 is 5.97 Å². The first-order valence-electron chi connectivity index (χ1n) is 13.7. The van der Waals surface area contributed by atoms with Crippen molar-refractivity contribution >= 4 is 17.8 Å². The van der Waals surface area contributed by atoms with Crippen LogP contribution in [0.1, 0.15) is 143 Å². The van der Waals surface area contributed by atoms with E-state index in [1.165, 1.54) is 77.0 Å². The molecule has 0 radical (unpaired) electrons. The third-order valence-corrected chi connectivity index (χ3v) is 6.20. The van der Waals surface area contributed by atoms with Gasteiger partial charge in [0.2, 0.25) is 11.8 Å². The number of carbonyl (C=O) groups is 3. The number of amides is 2. The van der Waals surface area contributed by atoms with Crippen LogP contribution in [0.4, 0.5) is 0 Å². The third-order valence-electron chi connectivity index (χ3n) is 6.20. The summed E-state index contributed by atoms with van der Waals surface area (Å²) in [5.41, 5.74) is 5.19. The lowest BCUT2D eigenvalue weighted by molar-refractivity contribution is -0.152. The van der Waals surface area contributed by atoms with E-state index in [2.05, 4.69) is 12.2 Å². The molecule has 0 aliphatic heterocycles. The van der Waals surface area contributed by atoms with Gasteiger partial charge in [0.05, 0.1) is 6.10 Å². The van der Waals surface area contributed by atoms with Gasteiger partial charge < -0.3 is 15.8 Å². The molecule has 3 N–H and O–H groups in total. The highest BCUT2D eigenvalue weighted by Gasteiger charge is 2.24. The summed E-state index contributed by atoms with van der Waals surface area (Å²) in [5, 5.41) is 2.73. The molecule has 6 nitrogen and oxygen atoms in total. The lowest BCUT2D eigenvalue weighted by Gasteiger charge is -2.19. The van der Waals surface area contributed by atoms with E-state index >= 15 is 0 Å². The molecule has 194 valence electrons. The molecular weight excluding hydrogens is 416 g/mol. The quantitative estimate of drug-likeness (QED) is 0.135. The summed E-state index contributed by atoms with van der Waals surface area (Å²) in [6.45, 7) is 5.99. The van der Waals surface area contributed by atoms with E-state index in [4.69, 9.17) is 10.5 Å². The SMILES string of the molecule is CCCCCCCCCCCCCCCCCC(=O)NC(CCC(N)=O)C(=O)OC(C)CC. The zero-order chi connectivity index (χ0) is 24.7. The summed E-state index contributed by atoms with van der Waals surface area (Å²) in [7, 11) is 0. The van der Waals surface area contributed by atoms with Crippen LogP contribution in [0.2, 0.25) is 0 Å². The minimum atomic E-state index is -0.810. The van der Waals surface area contributed by atoms with Gasteiger partial charge in [0.1, 0.15) is 6.04 Å². The fourth-order valence-corrected chi connectivity index (χ4v) is 3.82. The Kier molecular flexibility index (Phi) is 21.1. The van der Waals surface area contributed by atoms with Crippen LogP contribution in [0, 0.1) is 0 Å². The number of hydrogen-bond acceptors (Lipinski definition) is 4. The molecule has 0 aromatic rings. The van der Waals surface area contributed by atoms with Gasteiger partial charge in [-0.05, 0) is 26.2 Å². The maximum atomic E-state index is 12.3. The van der Waals surface area contributed by atoms with Crippen LogP contribution in [0.15, 0.2) is 0 Å². The molecule has 0 bridgehead atoms. The van der Waals surface area contributed by atoms with Crippen LogP contribution in [0.25, 0.3) is 0 Å². The molecule has 0 aromatic heterocycles. The minimum Gasteiger partial charge on any atom is -0.461 e. The van der Waals surface area contributed by atoms with Gasteiger partial charge in [-0.3, -0.25) is 9.59 Å². The van der Waals surface area contributed by atoms with Gasteiger partial charge in [0.25, 0.3) is 0 Å². The Bertz CT molecular complexity index is 510. The summed E-state index contributed by atoms with van der Waals surface area (Å²) in [5.74, 6) is -1.15. The Labute approximate surface area is 203 Å². The molecule has 0 saturated heterocycles. The number of carbonyl (C=O) groups excluding carboxylic acids is 3. The first kappa shape index (κ1) is 31.4. The normalized spacial score (nSPS) is 12.8. The largest absolute Gasteiger partial charge is 0.461 e. The fourth-order valence-electron chi connectivity index (χ4n) is 3.82. The van der Waals surface area contributed by atoms with Crippen LogP contribution in [-0.2, 0) is 19.1 Å². The number of nitrogens with two attached hydrogens (primary N) is 1. The monoisotopic (exact) mass is 468 g/mol. The lowest BCUT2D eigenvalue weighted by atomic mass is 10.0. The Hall–Kier alpha value is -1.59. The highest BCUT2D eigenvalue weighted by atomic mass is 16.5. The molecule has 0 aliphatic carbocycles. The summed E-state index contributed by atoms with van der Waals surface area (Å²) >= 11 is 0. The van der Waals surface area contributed by atoms with Gasteiger partial charge in [0, 0.05) is 12.8 Å². The molecule has 0 spiro atoms. The van der Waals surface area contributed by atoms with E-state index in [9.17, 15) is 14.4 Å². The smallest absolute Gasteiger partial charge is 0.328 e. The summed E-state index contributed by atoms with van der Waals surface area (Å²) < 4.78 is 5.32. The highest BCUT2D eigenvalue weighted by Crippen LogP contribution is 2.14. The maximum absolute atomic E-state index is 12.3. The number of nitrogens with one attached hydrogen (secondary N) is 1. The number of ether oxygens (including phenoxy) is 1. The molecule has 2 unspecified atom stereocenters. The van der Waals surface area contributed by atoms with Crippen molar-refractivity contribution in [3.8, 4) is 0 Å². The van der Waals surface area contributed by atoms with E-state index < -0.39 is 17.9 Å². The summed E-state index contributed by atoms with van der Waals surface area (Å²) in [6, 6.07) is -0.810. The van der Waals surface area contributed by atoms with Crippen molar-refractivity contribution in [3.63, 3.8) is 0 Å². The van der Waals surface area contributed by atoms with Crippen molar-refractivity contribution < 1.29 is 19.1 Å². The lowest BCUT2D eigenvalue weighted by Crippen LogP contribution is -2.43. The molecule has 0 heterocycles. The van der Waals surface area contributed by atoms with Crippen LogP contribution in [0.3, 0.4) is 0 Å². The topological polar surface area (TPSA) is 98.5 Å². The van der Waals surface area contributed by atoms with Crippen LogP contribution < -0.4 is 11.1 Å². The zero-order valence-corrected chi connectivity index (χ0v) is 21.8. The second kappa shape index (κ2) is 22.2. The predicted molar refractivity (Wildman–Crippen MR) is 136 cm³/mol. The number of unbranched alkanes of at least 4 members (excludes halogenated alkanes) is 14. The number of hydrogen-bond donors (Lipinski definition) is 2.